The van der Waals surface area contributed by atoms with Crippen LogP contribution in [0.4, 0.5) is 4.79 Å². The van der Waals surface area contributed by atoms with E-state index >= 15 is 0 Å². The second-order valence-electron chi connectivity index (χ2n) is 9.68. The predicted octanol–water partition coefficient (Wildman–Crippen LogP) is 3.64. The summed E-state index contributed by atoms with van der Waals surface area (Å²) in [7, 11) is 0. The molecule has 0 aliphatic carbocycles. The zero-order valence-electron chi connectivity index (χ0n) is 21.2. The molecule has 1 aromatic rings. The highest BCUT2D eigenvalue weighted by Crippen LogP contribution is 2.25. The number of phenols is 1. The maximum absolute atomic E-state index is 13.6. The highest BCUT2D eigenvalue weighted by Gasteiger charge is 2.37. The molecule has 0 radical (unpaired) electrons. The van der Waals surface area contributed by atoms with Gasteiger partial charge in [-0.1, -0.05) is 39.3 Å². The summed E-state index contributed by atoms with van der Waals surface area (Å²) in [5.74, 6) is -1.37. The molecule has 0 saturated heterocycles. The van der Waals surface area contributed by atoms with Gasteiger partial charge in [0.2, 0.25) is 11.8 Å². The number of ether oxygens (including phenoxy) is 1. The van der Waals surface area contributed by atoms with Crippen molar-refractivity contribution in [3.8, 4) is 11.8 Å². The third-order valence-electron chi connectivity index (χ3n) is 5.01. The molecular weight excluding hydrogens is 436 g/mol. The molecular formula is C25H38N4O5. The molecule has 0 aliphatic rings. The van der Waals surface area contributed by atoms with E-state index < -0.39 is 35.6 Å². The van der Waals surface area contributed by atoms with E-state index in [9.17, 15) is 24.8 Å². The number of phenolic OH excluding ortho intramolecular Hbond substituents is 1. The van der Waals surface area contributed by atoms with Gasteiger partial charge >= 0.3 is 6.09 Å². The summed E-state index contributed by atoms with van der Waals surface area (Å²) in [6, 6.07) is 5.57. The first-order valence-corrected chi connectivity index (χ1v) is 11.6. The zero-order valence-corrected chi connectivity index (χ0v) is 21.2. The van der Waals surface area contributed by atoms with Gasteiger partial charge in [0.15, 0.2) is 0 Å². The maximum atomic E-state index is 13.6. The second kappa shape index (κ2) is 12.8. The lowest BCUT2D eigenvalue weighted by molar-refractivity contribution is -0.142. The summed E-state index contributed by atoms with van der Waals surface area (Å²) in [6.07, 6.45) is 0.842. The van der Waals surface area contributed by atoms with Gasteiger partial charge in [0.05, 0.1) is 6.07 Å². The van der Waals surface area contributed by atoms with Crippen LogP contribution in [0.15, 0.2) is 24.3 Å². The highest BCUT2D eigenvalue weighted by molar-refractivity contribution is 5.92. The van der Waals surface area contributed by atoms with Crippen molar-refractivity contribution in [2.24, 2.45) is 5.92 Å². The third-order valence-corrected chi connectivity index (χ3v) is 5.01. The van der Waals surface area contributed by atoms with Crippen LogP contribution in [0.1, 0.15) is 72.9 Å². The van der Waals surface area contributed by atoms with Crippen LogP contribution in [-0.4, -0.2) is 52.1 Å². The Bertz CT molecular complexity index is 871. The molecule has 9 heteroatoms. The molecule has 0 bridgehead atoms. The van der Waals surface area contributed by atoms with Crippen LogP contribution in [0.3, 0.4) is 0 Å². The first-order chi connectivity index (χ1) is 15.8. The molecule has 0 aromatic heterocycles. The van der Waals surface area contributed by atoms with Crippen LogP contribution in [0.25, 0.3) is 0 Å². The predicted molar refractivity (Wildman–Crippen MR) is 129 cm³/mol. The SMILES string of the molecule is CCCC(C)NC(=O)C(c1ccc(O)cc1)N(CC#N)C(=O)C(NC(=O)OC(C)(C)C)C(C)C. The summed E-state index contributed by atoms with van der Waals surface area (Å²) >= 11 is 0. The third kappa shape index (κ3) is 8.93. The molecule has 3 unspecified atom stereocenters. The normalized spacial score (nSPS) is 13.9. The van der Waals surface area contributed by atoms with E-state index in [1.165, 1.54) is 24.3 Å². The van der Waals surface area contributed by atoms with Gasteiger partial charge < -0.3 is 25.4 Å². The van der Waals surface area contributed by atoms with Crippen LogP contribution in [0.5, 0.6) is 5.75 Å². The van der Waals surface area contributed by atoms with Gasteiger partial charge in [0, 0.05) is 6.04 Å². The van der Waals surface area contributed by atoms with Gasteiger partial charge in [-0.15, -0.1) is 0 Å². The lowest BCUT2D eigenvalue weighted by Gasteiger charge is -2.34. The molecule has 1 rings (SSSR count). The maximum Gasteiger partial charge on any atom is 0.408 e. The number of nitrogens with zero attached hydrogens (tertiary/aromatic N) is 2. The van der Waals surface area contributed by atoms with Gasteiger partial charge in [-0.05, 0) is 57.7 Å². The number of hydrogen-bond acceptors (Lipinski definition) is 6. The van der Waals surface area contributed by atoms with Crippen LogP contribution in [0, 0.1) is 17.2 Å². The van der Waals surface area contributed by atoms with E-state index in [1.807, 2.05) is 19.9 Å². The minimum Gasteiger partial charge on any atom is -0.508 e. The summed E-state index contributed by atoms with van der Waals surface area (Å²) in [6.45, 7) is 12.1. The highest BCUT2D eigenvalue weighted by atomic mass is 16.6. The monoisotopic (exact) mass is 474 g/mol. The first-order valence-electron chi connectivity index (χ1n) is 11.6. The van der Waals surface area contributed by atoms with Gasteiger partial charge in [-0.2, -0.15) is 5.26 Å². The number of nitrogens with one attached hydrogen (secondary N) is 2. The Kier molecular flexibility index (Phi) is 10.8. The van der Waals surface area contributed by atoms with Crippen LogP contribution in [-0.2, 0) is 14.3 Å². The topological polar surface area (TPSA) is 132 Å². The number of alkyl carbamates (subject to hydrolysis) is 1. The number of aromatic hydroxyl groups is 1. The Morgan fingerprint density at radius 2 is 1.71 bits per heavy atom. The minimum atomic E-state index is -1.13. The van der Waals surface area contributed by atoms with E-state index in [0.29, 0.717) is 5.56 Å². The summed E-state index contributed by atoms with van der Waals surface area (Å²) in [4.78, 5) is 40.6. The Morgan fingerprint density at radius 1 is 1.12 bits per heavy atom. The zero-order chi connectivity index (χ0) is 26.1. The van der Waals surface area contributed by atoms with E-state index in [0.717, 1.165) is 17.7 Å². The van der Waals surface area contributed by atoms with Crippen molar-refractivity contribution in [1.29, 1.82) is 5.26 Å². The molecule has 3 amide bonds. The number of amides is 3. The molecule has 3 N–H and O–H groups in total. The Labute approximate surface area is 202 Å². The largest absolute Gasteiger partial charge is 0.508 e. The molecule has 3 atom stereocenters. The molecule has 0 aliphatic heterocycles. The van der Waals surface area contributed by atoms with Crippen molar-refractivity contribution in [1.82, 2.24) is 15.5 Å². The standard InChI is InChI=1S/C25H38N4O5/c1-8-9-17(4)27-22(31)21(18-10-12-19(30)13-11-18)29(15-14-26)23(32)20(16(2)3)28-24(33)34-25(5,6)7/h10-13,16-17,20-21,30H,8-9,15H2,1-7H3,(H,27,31)(H,28,33). The van der Waals surface area contributed by atoms with E-state index in [-0.39, 0.29) is 24.3 Å². The lowest BCUT2D eigenvalue weighted by Crippen LogP contribution is -2.55. The van der Waals surface area contributed by atoms with Crippen molar-refractivity contribution in [3.05, 3.63) is 29.8 Å². The average Bonchev–Trinajstić information content (AvgIpc) is 2.71. The van der Waals surface area contributed by atoms with Gasteiger partial charge in [-0.25, -0.2) is 4.79 Å². The molecule has 0 spiro atoms. The Hall–Kier alpha value is -3.28. The molecule has 34 heavy (non-hydrogen) atoms. The minimum absolute atomic E-state index is 0.00654. The fourth-order valence-corrected chi connectivity index (χ4v) is 3.46. The van der Waals surface area contributed by atoms with Gasteiger partial charge in [0.25, 0.3) is 0 Å². The Balaban J connectivity index is 3.39. The average molecular weight is 475 g/mol. The quantitative estimate of drug-likeness (QED) is 0.444. The first kappa shape index (κ1) is 28.8. The number of nitriles is 1. The molecule has 188 valence electrons. The second-order valence-corrected chi connectivity index (χ2v) is 9.68. The van der Waals surface area contributed by atoms with Crippen molar-refractivity contribution in [3.63, 3.8) is 0 Å². The molecule has 9 nitrogen and oxygen atoms in total. The number of benzene rings is 1. The van der Waals surface area contributed by atoms with Crippen molar-refractivity contribution in [2.75, 3.05) is 6.54 Å². The van der Waals surface area contributed by atoms with E-state index in [4.69, 9.17) is 4.74 Å². The van der Waals surface area contributed by atoms with Gasteiger partial charge in [-0.3, -0.25) is 9.59 Å². The summed E-state index contributed by atoms with van der Waals surface area (Å²) in [5, 5.41) is 24.7. The van der Waals surface area contributed by atoms with Crippen molar-refractivity contribution >= 4 is 17.9 Å². The van der Waals surface area contributed by atoms with Crippen LogP contribution >= 0.6 is 0 Å². The van der Waals surface area contributed by atoms with Crippen molar-refractivity contribution < 1.29 is 24.2 Å². The van der Waals surface area contributed by atoms with Crippen LogP contribution < -0.4 is 10.6 Å². The number of hydrogen-bond donors (Lipinski definition) is 3. The molecule has 0 saturated carbocycles. The van der Waals surface area contributed by atoms with Gasteiger partial charge in [0.1, 0.15) is 30.0 Å². The Morgan fingerprint density at radius 3 is 2.18 bits per heavy atom. The smallest absolute Gasteiger partial charge is 0.408 e. The fraction of sp³-hybridized carbons (Fsp3) is 0.600. The molecule has 0 heterocycles. The van der Waals surface area contributed by atoms with E-state index in [2.05, 4.69) is 10.6 Å². The number of rotatable bonds is 10. The van der Waals surface area contributed by atoms with Crippen molar-refractivity contribution in [2.45, 2.75) is 85.0 Å². The molecule has 1 aromatic carbocycles. The summed E-state index contributed by atoms with van der Waals surface area (Å²) in [5.41, 5.74) is -0.326. The lowest BCUT2D eigenvalue weighted by atomic mass is 9.98. The van der Waals surface area contributed by atoms with E-state index in [1.54, 1.807) is 34.6 Å². The number of carbonyl (C=O) groups is 3. The fourth-order valence-electron chi connectivity index (χ4n) is 3.46. The number of carbonyl (C=O) groups excluding carboxylic acids is 3. The van der Waals surface area contributed by atoms with Crippen LogP contribution in [0.2, 0.25) is 0 Å². The molecule has 0 fully saturated rings. The summed E-state index contributed by atoms with van der Waals surface area (Å²) < 4.78 is 5.30.